The zero-order valence-electron chi connectivity index (χ0n) is 15.1. The Bertz CT molecular complexity index is 844. The summed E-state index contributed by atoms with van der Waals surface area (Å²) in [6.07, 6.45) is 2.03. The van der Waals surface area contributed by atoms with Gasteiger partial charge in [0.05, 0.1) is 10.8 Å². The molecule has 0 spiro atoms. The Labute approximate surface area is 150 Å². The first-order valence-electron chi connectivity index (χ1n) is 8.40. The third-order valence-corrected chi connectivity index (χ3v) is 5.66. The fraction of sp³-hybridized carbons (Fsp3) is 0.350. The van der Waals surface area contributed by atoms with Crippen molar-refractivity contribution in [3.05, 3.63) is 59.7 Å². The predicted octanol–water partition coefficient (Wildman–Crippen LogP) is 4.17. The van der Waals surface area contributed by atoms with Crippen LogP contribution in [0.5, 0.6) is 0 Å². The molecule has 0 aliphatic rings. The molecule has 0 bridgehead atoms. The van der Waals surface area contributed by atoms with Crippen molar-refractivity contribution in [2.75, 3.05) is 11.6 Å². The van der Waals surface area contributed by atoms with E-state index in [2.05, 4.69) is 19.2 Å². The Morgan fingerprint density at radius 3 is 2.32 bits per heavy atom. The average molecular weight is 359 g/mol. The Balaban J connectivity index is 2.36. The first-order chi connectivity index (χ1) is 11.7. The van der Waals surface area contributed by atoms with Crippen LogP contribution < -0.4 is 5.32 Å². The van der Waals surface area contributed by atoms with Crippen LogP contribution >= 0.6 is 0 Å². The van der Waals surface area contributed by atoms with Crippen LogP contribution in [0.25, 0.3) is 0 Å². The van der Waals surface area contributed by atoms with E-state index in [-0.39, 0.29) is 22.6 Å². The van der Waals surface area contributed by atoms with E-state index in [9.17, 15) is 13.2 Å². The number of anilines is 1. The van der Waals surface area contributed by atoms with E-state index < -0.39 is 9.84 Å². The predicted molar refractivity (Wildman–Crippen MR) is 102 cm³/mol. The van der Waals surface area contributed by atoms with Crippen molar-refractivity contribution in [1.29, 1.82) is 0 Å². The molecule has 2 atom stereocenters. The highest BCUT2D eigenvalue weighted by molar-refractivity contribution is 7.90. The molecule has 1 amide bonds. The molecule has 0 heterocycles. The summed E-state index contributed by atoms with van der Waals surface area (Å²) in [5, 5.41) is 2.93. The number of sulfone groups is 1. The van der Waals surface area contributed by atoms with Gasteiger partial charge >= 0.3 is 0 Å². The van der Waals surface area contributed by atoms with Crippen molar-refractivity contribution in [2.45, 2.75) is 38.0 Å². The molecule has 0 unspecified atom stereocenters. The standard InChI is InChI=1S/C20H25NO3S/c1-5-14(2)19(16-9-7-6-8-10-16)20(22)21-18-13-17(25(4,23)24)12-11-15(18)3/h6-14,19H,5H2,1-4H3,(H,21,22)/t14-,19+/m1/s1. The van der Waals surface area contributed by atoms with E-state index >= 15 is 0 Å². The highest BCUT2D eigenvalue weighted by atomic mass is 32.2. The van der Waals surface area contributed by atoms with Crippen LogP contribution in [-0.2, 0) is 14.6 Å². The molecule has 0 aromatic heterocycles. The van der Waals surface area contributed by atoms with E-state index in [0.717, 1.165) is 23.8 Å². The molecule has 25 heavy (non-hydrogen) atoms. The van der Waals surface area contributed by atoms with Crippen LogP contribution in [0.1, 0.15) is 37.3 Å². The summed E-state index contributed by atoms with van der Waals surface area (Å²) in [5.41, 5.74) is 2.33. The monoisotopic (exact) mass is 359 g/mol. The fourth-order valence-corrected chi connectivity index (χ4v) is 3.46. The van der Waals surface area contributed by atoms with E-state index in [4.69, 9.17) is 0 Å². The van der Waals surface area contributed by atoms with Crippen molar-refractivity contribution < 1.29 is 13.2 Å². The normalized spacial score (nSPS) is 13.9. The van der Waals surface area contributed by atoms with Gasteiger partial charge < -0.3 is 5.32 Å². The van der Waals surface area contributed by atoms with Crippen molar-refractivity contribution in [3.8, 4) is 0 Å². The minimum atomic E-state index is -3.32. The van der Waals surface area contributed by atoms with E-state index in [1.807, 2.05) is 37.3 Å². The zero-order valence-corrected chi connectivity index (χ0v) is 15.9. The molecule has 0 radical (unpaired) electrons. The van der Waals surface area contributed by atoms with Gasteiger partial charge in [0.25, 0.3) is 0 Å². The summed E-state index contributed by atoms with van der Waals surface area (Å²) >= 11 is 0. The summed E-state index contributed by atoms with van der Waals surface area (Å²) < 4.78 is 23.6. The molecule has 0 fully saturated rings. The smallest absolute Gasteiger partial charge is 0.232 e. The van der Waals surface area contributed by atoms with Gasteiger partial charge in [-0.1, -0.05) is 56.7 Å². The second-order valence-corrected chi connectivity index (χ2v) is 8.53. The van der Waals surface area contributed by atoms with Crippen LogP contribution in [0.4, 0.5) is 5.69 Å². The Morgan fingerprint density at radius 2 is 1.76 bits per heavy atom. The maximum atomic E-state index is 13.0. The van der Waals surface area contributed by atoms with Gasteiger partial charge in [-0.2, -0.15) is 0 Å². The second-order valence-electron chi connectivity index (χ2n) is 6.51. The van der Waals surface area contributed by atoms with Crippen LogP contribution in [0.15, 0.2) is 53.4 Å². The summed E-state index contributed by atoms with van der Waals surface area (Å²) in [5.74, 6) is -0.234. The first kappa shape index (κ1) is 19.2. The Kier molecular flexibility index (Phi) is 6.01. The molecule has 2 aromatic rings. The quantitative estimate of drug-likeness (QED) is 0.842. The largest absolute Gasteiger partial charge is 0.325 e. The van der Waals surface area contributed by atoms with Gasteiger partial charge in [0, 0.05) is 11.9 Å². The van der Waals surface area contributed by atoms with Gasteiger partial charge in [-0.25, -0.2) is 8.42 Å². The maximum absolute atomic E-state index is 13.0. The number of carbonyl (C=O) groups excluding carboxylic acids is 1. The SMILES string of the molecule is CC[C@@H](C)[C@H](C(=O)Nc1cc(S(C)(=O)=O)ccc1C)c1ccccc1. The zero-order chi connectivity index (χ0) is 18.6. The highest BCUT2D eigenvalue weighted by Crippen LogP contribution is 2.29. The van der Waals surface area contributed by atoms with Crippen molar-refractivity contribution >= 4 is 21.4 Å². The number of aryl methyl sites for hydroxylation is 1. The number of benzene rings is 2. The van der Waals surface area contributed by atoms with Crippen molar-refractivity contribution in [2.24, 2.45) is 5.92 Å². The van der Waals surface area contributed by atoms with Gasteiger partial charge in [0.1, 0.15) is 0 Å². The highest BCUT2D eigenvalue weighted by Gasteiger charge is 2.26. The lowest BCUT2D eigenvalue weighted by Gasteiger charge is -2.23. The Morgan fingerprint density at radius 1 is 1.12 bits per heavy atom. The number of carbonyl (C=O) groups is 1. The third-order valence-electron chi connectivity index (χ3n) is 4.55. The van der Waals surface area contributed by atoms with Gasteiger partial charge in [-0.05, 0) is 36.1 Å². The molecule has 0 saturated heterocycles. The first-order valence-corrected chi connectivity index (χ1v) is 10.3. The van der Waals surface area contributed by atoms with Crippen LogP contribution in [0, 0.1) is 12.8 Å². The molecule has 0 saturated carbocycles. The summed E-state index contributed by atoms with van der Waals surface area (Å²) in [6, 6.07) is 14.5. The summed E-state index contributed by atoms with van der Waals surface area (Å²) in [6.45, 7) is 5.96. The number of amides is 1. The molecule has 1 N–H and O–H groups in total. The lowest BCUT2D eigenvalue weighted by molar-refractivity contribution is -0.118. The maximum Gasteiger partial charge on any atom is 0.232 e. The Hall–Kier alpha value is -2.14. The van der Waals surface area contributed by atoms with E-state index in [1.165, 1.54) is 6.07 Å². The average Bonchev–Trinajstić information content (AvgIpc) is 2.56. The van der Waals surface area contributed by atoms with E-state index in [1.54, 1.807) is 12.1 Å². The lowest BCUT2D eigenvalue weighted by atomic mass is 9.85. The minimum absolute atomic E-state index is 0.116. The molecular formula is C20H25NO3S. The van der Waals surface area contributed by atoms with Crippen LogP contribution in [-0.4, -0.2) is 20.6 Å². The summed E-state index contributed by atoms with van der Waals surface area (Å²) in [4.78, 5) is 13.2. The third kappa shape index (κ3) is 4.69. The minimum Gasteiger partial charge on any atom is -0.325 e. The molecule has 4 nitrogen and oxygen atoms in total. The molecular weight excluding hydrogens is 334 g/mol. The van der Waals surface area contributed by atoms with Gasteiger partial charge in [0.15, 0.2) is 9.84 Å². The van der Waals surface area contributed by atoms with Crippen LogP contribution in [0.2, 0.25) is 0 Å². The summed E-state index contributed by atoms with van der Waals surface area (Å²) in [7, 11) is -3.32. The lowest BCUT2D eigenvalue weighted by Crippen LogP contribution is -2.26. The number of rotatable bonds is 6. The van der Waals surface area contributed by atoms with Gasteiger partial charge in [-0.15, -0.1) is 0 Å². The molecule has 0 aliphatic carbocycles. The fourth-order valence-electron chi connectivity index (χ4n) is 2.81. The number of hydrogen-bond donors (Lipinski definition) is 1. The number of nitrogens with one attached hydrogen (secondary N) is 1. The molecule has 134 valence electrons. The van der Waals surface area contributed by atoms with E-state index in [0.29, 0.717) is 5.69 Å². The molecule has 2 rings (SSSR count). The second kappa shape index (κ2) is 7.83. The molecule has 5 heteroatoms. The van der Waals surface area contributed by atoms with Gasteiger partial charge in [-0.3, -0.25) is 4.79 Å². The van der Waals surface area contributed by atoms with Crippen molar-refractivity contribution in [1.82, 2.24) is 0 Å². The molecule has 0 aliphatic heterocycles. The van der Waals surface area contributed by atoms with Crippen molar-refractivity contribution in [3.63, 3.8) is 0 Å². The molecule has 2 aromatic carbocycles. The van der Waals surface area contributed by atoms with Crippen LogP contribution in [0.3, 0.4) is 0 Å². The van der Waals surface area contributed by atoms with Gasteiger partial charge in [0.2, 0.25) is 5.91 Å². The topological polar surface area (TPSA) is 63.2 Å². The number of hydrogen-bond acceptors (Lipinski definition) is 3.